The summed E-state index contributed by atoms with van der Waals surface area (Å²) in [5.74, 6) is -0.261. The topological polar surface area (TPSA) is 87.5 Å². The molecule has 0 spiro atoms. The van der Waals surface area contributed by atoms with Crippen molar-refractivity contribution in [1.82, 2.24) is 23.7 Å². The number of likely N-dealkylation sites (N-methyl/N-ethyl adjacent to an activating group) is 1. The molecule has 1 aromatic heterocycles. The average molecular weight is 287 g/mol. The minimum atomic E-state index is -3.55. The summed E-state index contributed by atoms with van der Waals surface area (Å²) in [6.07, 6.45) is 1.57. The predicted octanol–water partition coefficient (Wildman–Crippen LogP) is -1.21. The summed E-state index contributed by atoms with van der Waals surface area (Å²) in [7, 11) is 0.906. The van der Waals surface area contributed by atoms with E-state index in [1.54, 1.807) is 16.9 Å². The van der Waals surface area contributed by atoms with Gasteiger partial charge in [0.05, 0.1) is 12.2 Å². The van der Waals surface area contributed by atoms with E-state index in [9.17, 15) is 13.2 Å². The van der Waals surface area contributed by atoms with Gasteiger partial charge in [0.2, 0.25) is 5.91 Å². The Morgan fingerprint density at radius 2 is 2.21 bits per heavy atom. The summed E-state index contributed by atoms with van der Waals surface area (Å²) >= 11 is 0. The second-order valence-corrected chi connectivity index (χ2v) is 6.62. The number of nitrogens with zero attached hydrogens (tertiary/aromatic N) is 4. The quantitative estimate of drug-likeness (QED) is 0.756. The van der Waals surface area contributed by atoms with Crippen molar-refractivity contribution in [2.24, 2.45) is 0 Å². The third-order valence-electron chi connectivity index (χ3n) is 3.10. The van der Waals surface area contributed by atoms with Gasteiger partial charge in [0.1, 0.15) is 6.04 Å². The van der Waals surface area contributed by atoms with Crippen LogP contribution in [0.15, 0.2) is 12.3 Å². The van der Waals surface area contributed by atoms with E-state index in [1.165, 1.54) is 25.4 Å². The molecule has 0 unspecified atom stereocenters. The summed E-state index contributed by atoms with van der Waals surface area (Å²) in [5.41, 5.74) is 0.699. The molecule has 1 amide bonds. The average Bonchev–Trinajstić information content (AvgIpc) is 2.84. The lowest BCUT2D eigenvalue weighted by Gasteiger charge is -2.33. The molecule has 1 aliphatic rings. The fourth-order valence-corrected chi connectivity index (χ4v) is 3.12. The SMILES string of the molecule is CNC(=O)[C@@H]1CN(S(=O)(=O)N(C)C)Cc2ccnn21. The minimum Gasteiger partial charge on any atom is -0.357 e. The Labute approximate surface area is 112 Å². The van der Waals surface area contributed by atoms with Crippen molar-refractivity contribution in [3.05, 3.63) is 18.0 Å². The number of amides is 1. The zero-order valence-corrected chi connectivity index (χ0v) is 11.9. The van der Waals surface area contributed by atoms with Crippen molar-refractivity contribution in [3.63, 3.8) is 0 Å². The van der Waals surface area contributed by atoms with Crippen molar-refractivity contribution in [1.29, 1.82) is 0 Å². The molecule has 106 valence electrons. The lowest BCUT2D eigenvalue weighted by molar-refractivity contribution is -0.124. The van der Waals surface area contributed by atoms with Crippen LogP contribution in [0.2, 0.25) is 0 Å². The van der Waals surface area contributed by atoms with E-state index in [1.807, 2.05) is 0 Å². The summed E-state index contributed by atoms with van der Waals surface area (Å²) < 4.78 is 28.3. The lowest BCUT2D eigenvalue weighted by atomic mass is 10.2. The summed E-state index contributed by atoms with van der Waals surface area (Å²) in [5, 5.41) is 6.62. The Morgan fingerprint density at radius 1 is 1.53 bits per heavy atom. The van der Waals surface area contributed by atoms with Crippen LogP contribution < -0.4 is 5.32 Å². The number of carbonyl (C=O) groups excluding carboxylic acids is 1. The molecule has 0 radical (unpaired) electrons. The zero-order valence-electron chi connectivity index (χ0n) is 11.1. The first-order chi connectivity index (χ1) is 8.87. The van der Waals surface area contributed by atoms with E-state index in [0.717, 1.165) is 4.31 Å². The molecule has 1 atom stereocenters. The molecule has 2 heterocycles. The molecule has 1 aliphatic heterocycles. The van der Waals surface area contributed by atoms with Crippen LogP contribution in [0.1, 0.15) is 11.7 Å². The summed E-state index contributed by atoms with van der Waals surface area (Å²) in [6, 6.07) is 1.08. The Bertz CT molecular complexity index is 580. The minimum absolute atomic E-state index is 0.0782. The molecular formula is C10H17N5O3S. The molecule has 0 fully saturated rings. The molecule has 0 saturated carbocycles. The third-order valence-corrected chi connectivity index (χ3v) is 4.95. The lowest BCUT2D eigenvalue weighted by Crippen LogP contribution is -2.49. The standard InChI is InChI=1S/C10H17N5O3S/c1-11-10(16)9-7-14(19(17,18)13(2)3)6-8-4-5-12-15(8)9/h4-5,9H,6-7H2,1-3H3,(H,11,16)/t9-/m0/s1. The van der Waals surface area contributed by atoms with Gasteiger partial charge in [0.25, 0.3) is 10.2 Å². The van der Waals surface area contributed by atoms with Gasteiger partial charge in [-0.25, -0.2) is 0 Å². The molecule has 19 heavy (non-hydrogen) atoms. The second-order valence-electron chi connectivity index (χ2n) is 4.48. The summed E-state index contributed by atoms with van der Waals surface area (Å²) in [6.45, 7) is 0.295. The third kappa shape index (κ3) is 2.36. The van der Waals surface area contributed by atoms with Gasteiger partial charge in [0.15, 0.2) is 0 Å². The maximum Gasteiger partial charge on any atom is 0.281 e. The Hall–Kier alpha value is -1.45. The van der Waals surface area contributed by atoms with Crippen LogP contribution in [0.25, 0.3) is 0 Å². The number of hydrogen-bond acceptors (Lipinski definition) is 4. The number of hydrogen-bond donors (Lipinski definition) is 1. The molecule has 0 saturated heterocycles. The van der Waals surface area contributed by atoms with Gasteiger partial charge in [-0.2, -0.15) is 22.1 Å². The van der Waals surface area contributed by atoms with Gasteiger partial charge in [-0.05, 0) is 6.07 Å². The number of rotatable bonds is 3. The van der Waals surface area contributed by atoms with Crippen molar-refractivity contribution in [2.75, 3.05) is 27.7 Å². The molecule has 2 rings (SSSR count). The fraction of sp³-hybridized carbons (Fsp3) is 0.600. The van der Waals surface area contributed by atoms with Gasteiger partial charge in [0, 0.05) is 33.9 Å². The normalized spacial score (nSPS) is 20.3. The Balaban J connectivity index is 2.38. The van der Waals surface area contributed by atoms with E-state index in [0.29, 0.717) is 5.69 Å². The van der Waals surface area contributed by atoms with E-state index in [-0.39, 0.29) is 19.0 Å². The molecule has 0 aromatic carbocycles. The molecule has 0 aliphatic carbocycles. The first-order valence-electron chi connectivity index (χ1n) is 5.79. The smallest absolute Gasteiger partial charge is 0.281 e. The highest BCUT2D eigenvalue weighted by Crippen LogP contribution is 2.23. The van der Waals surface area contributed by atoms with Crippen LogP contribution in [-0.2, 0) is 21.5 Å². The zero-order chi connectivity index (χ0) is 14.2. The second kappa shape index (κ2) is 4.91. The molecular weight excluding hydrogens is 270 g/mol. The van der Waals surface area contributed by atoms with Crippen molar-refractivity contribution < 1.29 is 13.2 Å². The molecule has 1 aromatic rings. The molecule has 1 N–H and O–H groups in total. The van der Waals surface area contributed by atoms with Gasteiger partial charge in [-0.15, -0.1) is 0 Å². The number of nitrogens with one attached hydrogen (secondary N) is 1. The van der Waals surface area contributed by atoms with Gasteiger partial charge < -0.3 is 5.32 Å². The highest BCUT2D eigenvalue weighted by molar-refractivity contribution is 7.86. The van der Waals surface area contributed by atoms with E-state index in [4.69, 9.17) is 0 Å². The predicted molar refractivity (Wildman–Crippen MR) is 68.3 cm³/mol. The van der Waals surface area contributed by atoms with Crippen LogP contribution >= 0.6 is 0 Å². The van der Waals surface area contributed by atoms with E-state index < -0.39 is 16.3 Å². The van der Waals surface area contributed by atoms with Crippen LogP contribution in [0, 0.1) is 0 Å². The van der Waals surface area contributed by atoms with Gasteiger partial charge >= 0.3 is 0 Å². The van der Waals surface area contributed by atoms with Crippen LogP contribution in [-0.4, -0.2) is 60.4 Å². The fourth-order valence-electron chi connectivity index (χ4n) is 2.03. The first kappa shape index (κ1) is 14.0. The molecule has 8 nitrogen and oxygen atoms in total. The summed E-state index contributed by atoms with van der Waals surface area (Å²) in [4.78, 5) is 11.9. The van der Waals surface area contributed by atoms with Crippen molar-refractivity contribution in [3.8, 4) is 0 Å². The van der Waals surface area contributed by atoms with Crippen molar-refractivity contribution in [2.45, 2.75) is 12.6 Å². The van der Waals surface area contributed by atoms with Gasteiger partial charge in [-0.3, -0.25) is 9.48 Å². The highest BCUT2D eigenvalue weighted by Gasteiger charge is 2.36. The van der Waals surface area contributed by atoms with E-state index in [2.05, 4.69) is 10.4 Å². The first-order valence-corrected chi connectivity index (χ1v) is 7.19. The molecule has 9 heteroatoms. The maximum atomic E-state index is 12.2. The Kier molecular flexibility index (Phi) is 3.61. The number of fused-ring (bicyclic) bond motifs is 1. The largest absolute Gasteiger partial charge is 0.357 e. The van der Waals surface area contributed by atoms with Crippen LogP contribution in [0.5, 0.6) is 0 Å². The van der Waals surface area contributed by atoms with Crippen molar-refractivity contribution >= 4 is 16.1 Å². The van der Waals surface area contributed by atoms with Crippen LogP contribution in [0.3, 0.4) is 0 Å². The molecule has 0 bridgehead atoms. The highest BCUT2D eigenvalue weighted by atomic mass is 32.2. The van der Waals surface area contributed by atoms with E-state index >= 15 is 0 Å². The monoisotopic (exact) mass is 287 g/mol. The van der Waals surface area contributed by atoms with Crippen LogP contribution in [0.4, 0.5) is 0 Å². The maximum absolute atomic E-state index is 12.2. The Morgan fingerprint density at radius 3 is 2.79 bits per heavy atom. The van der Waals surface area contributed by atoms with Gasteiger partial charge in [-0.1, -0.05) is 0 Å². The number of carbonyl (C=O) groups is 1. The number of aromatic nitrogens is 2.